The number of phenols is 1. The maximum Gasteiger partial charge on any atom is 0.258 e. The van der Waals surface area contributed by atoms with Gasteiger partial charge in [-0.1, -0.05) is 60.7 Å². The molecule has 0 aliphatic carbocycles. The van der Waals surface area contributed by atoms with E-state index in [9.17, 15) is 9.90 Å². The van der Waals surface area contributed by atoms with Crippen LogP contribution in [0.2, 0.25) is 0 Å². The number of carbonyl (C=O) groups is 1. The van der Waals surface area contributed by atoms with Crippen molar-refractivity contribution in [3.63, 3.8) is 0 Å². The van der Waals surface area contributed by atoms with Gasteiger partial charge in [0.1, 0.15) is 17.2 Å². The average molecular weight is 463 g/mol. The van der Waals surface area contributed by atoms with Gasteiger partial charge in [0.25, 0.3) is 5.91 Å². The zero-order valence-corrected chi connectivity index (χ0v) is 18.9. The molecule has 6 nitrogen and oxygen atoms in total. The third kappa shape index (κ3) is 4.63. The Bertz CT molecular complexity index is 1490. The molecule has 0 unspecified atom stereocenters. The Hall–Kier alpha value is -4.84. The summed E-state index contributed by atoms with van der Waals surface area (Å²) in [6, 6.07) is 30.9. The number of amides is 1. The number of ether oxygens (including phenoxy) is 1. The quantitative estimate of drug-likeness (QED) is 0.295. The fraction of sp³-hybridized carbons (Fsp3) is 0.0345. The van der Waals surface area contributed by atoms with Crippen LogP contribution in [-0.4, -0.2) is 23.1 Å². The molecule has 1 amide bonds. The van der Waals surface area contributed by atoms with Crippen molar-refractivity contribution in [3.05, 3.63) is 109 Å². The molecule has 0 fully saturated rings. The molecule has 0 radical (unpaired) electrons. The fourth-order valence-electron chi connectivity index (χ4n) is 3.85. The minimum Gasteiger partial charge on any atom is -0.508 e. The number of anilines is 1. The number of hydrogen-bond donors (Lipinski definition) is 2. The predicted molar refractivity (Wildman–Crippen MR) is 135 cm³/mol. The summed E-state index contributed by atoms with van der Waals surface area (Å²) in [7, 11) is 1.59. The van der Waals surface area contributed by atoms with Crippen molar-refractivity contribution >= 4 is 11.8 Å². The Labute approximate surface area is 202 Å². The molecule has 5 rings (SSSR count). The summed E-state index contributed by atoms with van der Waals surface area (Å²) >= 11 is 0. The van der Waals surface area contributed by atoms with Crippen molar-refractivity contribution in [3.8, 4) is 45.3 Å². The molecular formula is C29H22N2O4. The second kappa shape index (κ2) is 9.57. The number of carbonyl (C=O) groups excluding carboxylic acids is 1. The first-order valence-corrected chi connectivity index (χ1v) is 11.0. The number of oxazole rings is 1. The lowest BCUT2D eigenvalue weighted by atomic mass is 9.99. The summed E-state index contributed by atoms with van der Waals surface area (Å²) in [6.45, 7) is 0. The minimum atomic E-state index is -0.307. The van der Waals surface area contributed by atoms with Gasteiger partial charge in [0.05, 0.1) is 7.11 Å². The van der Waals surface area contributed by atoms with Crippen LogP contribution in [0, 0.1) is 0 Å². The third-order valence-corrected chi connectivity index (χ3v) is 5.55. The number of phenolic OH excluding ortho intramolecular Hbond substituents is 1. The second-order valence-corrected chi connectivity index (χ2v) is 7.84. The van der Waals surface area contributed by atoms with E-state index < -0.39 is 0 Å². The molecule has 1 heterocycles. The lowest BCUT2D eigenvalue weighted by molar-refractivity contribution is 0.102. The van der Waals surface area contributed by atoms with Crippen LogP contribution < -0.4 is 10.1 Å². The second-order valence-electron chi connectivity index (χ2n) is 7.84. The molecule has 172 valence electrons. The average Bonchev–Trinajstić information content (AvgIpc) is 3.32. The van der Waals surface area contributed by atoms with E-state index in [1.165, 1.54) is 0 Å². The summed E-state index contributed by atoms with van der Waals surface area (Å²) < 4.78 is 11.5. The molecule has 5 aromatic rings. The van der Waals surface area contributed by atoms with Gasteiger partial charge in [0.15, 0.2) is 0 Å². The van der Waals surface area contributed by atoms with Gasteiger partial charge >= 0.3 is 0 Å². The van der Waals surface area contributed by atoms with Gasteiger partial charge in [-0.2, -0.15) is 0 Å². The minimum absolute atomic E-state index is 0.164. The lowest BCUT2D eigenvalue weighted by Gasteiger charge is -2.07. The molecule has 4 aromatic carbocycles. The van der Waals surface area contributed by atoms with Crippen LogP contribution in [0.25, 0.3) is 33.8 Å². The van der Waals surface area contributed by atoms with E-state index in [-0.39, 0.29) is 17.5 Å². The largest absolute Gasteiger partial charge is 0.508 e. The molecule has 6 heteroatoms. The van der Waals surface area contributed by atoms with Crippen LogP contribution in [0.4, 0.5) is 5.88 Å². The molecular weight excluding hydrogens is 440 g/mol. The first-order valence-electron chi connectivity index (χ1n) is 11.0. The van der Waals surface area contributed by atoms with Crippen molar-refractivity contribution in [1.29, 1.82) is 0 Å². The molecule has 0 saturated heterocycles. The van der Waals surface area contributed by atoms with E-state index in [0.717, 1.165) is 22.3 Å². The summed E-state index contributed by atoms with van der Waals surface area (Å²) in [5.74, 6) is 1.08. The number of rotatable bonds is 6. The summed E-state index contributed by atoms with van der Waals surface area (Å²) in [5.41, 5.74) is 4.09. The normalized spacial score (nSPS) is 10.7. The van der Waals surface area contributed by atoms with Crippen molar-refractivity contribution < 1.29 is 19.1 Å². The Morgan fingerprint density at radius 3 is 2.31 bits per heavy atom. The summed E-state index contributed by atoms with van der Waals surface area (Å²) in [5, 5.41) is 12.9. The van der Waals surface area contributed by atoms with E-state index >= 15 is 0 Å². The van der Waals surface area contributed by atoms with Gasteiger partial charge in [0, 0.05) is 16.7 Å². The van der Waals surface area contributed by atoms with Crippen LogP contribution in [0.5, 0.6) is 11.5 Å². The number of nitrogens with one attached hydrogen (secondary N) is 1. The monoisotopic (exact) mass is 462 g/mol. The Morgan fingerprint density at radius 2 is 1.54 bits per heavy atom. The van der Waals surface area contributed by atoms with Crippen molar-refractivity contribution in [1.82, 2.24) is 4.98 Å². The van der Waals surface area contributed by atoms with Crippen LogP contribution in [-0.2, 0) is 0 Å². The topological polar surface area (TPSA) is 84.6 Å². The first kappa shape index (κ1) is 22.0. The van der Waals surface area contributed by atoms with Gasteiger partial charge in [0.2, 0.25) is 11.8 Å². The Morgan fingerprint density at radius 1 is 0.829 bits per heavy atom. The first-order chi connectivity index (χ1) is 17.1. The van der Waals surface area contributed by atoms with Crippen LogP contribution in [0.1, 0.15) is 10.4 Å². The van der Waals surface area contributed by atoms with Crippen LogP contribution in [0.15, 0.2) is 108 Å². The fourth-order valence-corrected chi connectivity index (χ4v) is 3.85. The maximum absolute atomic E-state index is 12.9. The highest BCUT2D eigenvalue weighted by molar-refractivity contribution is 6.05. The highest BCUT2D eigenvalue weighted by Gasteiger charge is 2.21. The van der Waals surface area contributed by atoms with Crippen molar-refractivity contribution in [2.24, 2.45) is 0 Å². The van der Waals surface area contributed by atoms with Crippen molar-refractivity contribution in [2.75, 3.05) is 12.4 Å². The highest BCUT2D eigenvalue weighted by Crippen LogP contribution is 2.38. The van der Waals surface area contributed by atoms with E-state index in [2.05, 4.69) is 5.32 Å². The summed E-state index contributed by atoms with van der Waals surface area (Å²) in [6.07, 6.45) is 0. The van der Waals surface area contributed by atoms with Gasteiger partial charge in [-0.25, -0.2) is 4.98 Å². The standard InChI is InChI=1S/C29H22N2O4/c1-34-23-14-8-12-21(18-23)26-29(31-27(33)19-9-3-2-4-10-19)35-28(30-26)25-16-6-5-15-24(25)20-11-7-13-22(32)17-20/h2-18,32H,1H3,(H,31,33). The molecule has 0 spiro atoms. The van der Waals surface area contributed by atoms with Crippen LogP contribution >= 0.6 is 0 Å². The molecule has 35 heavy (non-hydrogen) atoms. The number of methoxy groups -OCH3 is 1. The Balaban J connectivity index is 1.63. The Kier molecular flexibility index (Phi) is 6.01. The highest BCUT2D eigenvalue weighted by atomic mass is 16.5. The smallest absolute Gasteiger partial charge is 0.258 e. The maximum atomic E-state index is 12.9. The van der Waals surface area contributed by atoms with Gasteiger partial charge in [-0.3, -0.25) is 10.1 Å². The van der Waals surface area contributed by atoms with Crippen molar-refractivity contribution in [2.45, 2.75) is 0 Å². The van der Waals surface area contributed by atoms with Crippen LogP contribution in [0.3, 0.4) is 0 Å². The van der Waals surface area contributed by atoms with E-state index in [1.54, 1.807) is 49.6 Å². The van der Waals surface area contributed by atoms with Gasteiger partial charge in [-0.15, -0.1) is 0 Å². The van der Waals surface area contributed by atoms with E-state index in [0.29, 0.717) is 22.9 Å². The number of aromatic hydroxyl groups is 1. The third-order valence-electron chi connectivity index (χ3n) is 5.55. The number of benzene rings is 4. The number of aromatic nitrogens is 1. The molecule has 0 atom stereocenters. The molecule has 0 bridgehead atoms. The SMILES string of the molecule is COc1cccc(-c2nc(-c3ccccc3-c3cccc(O)c3)oc2NC(=O)c2ccccc2)c1. The van der Waals surface area contributed by atoms with Gasteiger partial charge in [-0.05, 0) is 53.6 Å². The number of hydrogen-bond acceptors (Lipinski definition) is 5. The molecule has 0 aliphatic heterocycles. The number of nitrogens with zero attached hydrogens (tertiary/aromatic N) is 1. The molecule has 1 aromatic heterocycles. The predicted octanol–water partition coefficient (Wildman–Crippen LogP) is 6.64. The van der Waals surface area contributed by atoms with E-state index in [4.69, 9.17) is 14.1 Å². The molecule has 2 N–H and O–H groups in total. The molecule has 0 saturated carbocycles. The molecule has 0 aliphatic rings. The van der Waals surface area contributed by atoms with Gasteiger partial charge < -0.3 is 14.3 Å². The van der Waals surface area contributed by atoms with E-state index in [1.807, 2.05) is 60.7 Å². The zero-order chi connectivity index (χ0) is 24.2. The summed E-state index contributed by atoms with van der Waals surface area (Å²) in [4.78, 5) is 17.7. The zero-order valence-electron chi connectivity index (χ0n) is 18.9. The lowest BCUT2D eigenvalue weighted by Crippen LogP contribution is -2.11.